The Morgan fingerprint density at radius 2 is 1.80 bits per heavy atom. The zero-order valence-corrected chi connectivity index (χ0v) is 19.8. The van der Waals surface area contributed by atoms with Gasteiger partial charge in [-0.15, -0.1) is 0 Å². The molecule has 2 fully saturated rings. The highest BCUT2D eigenvalue weighted by Gasteiger charge is 2.50. The van der Waals surface area contributed by atoms with Gasteiger partial charge in [-0.2, -0.15) is 0 Å². The smallest absolute Gasteiger partial charge is 0.251 e. The first-order chi connectivity index (χ1) is 16.9. The summed E-state index contributed by atoms with van der Waals surface area (Å²) >= 11 is 0. The third-order valence-corrected chi connectivity index (χ3v) is 7.28. The van der Waals surface area contributed by atoms with Crippen molar-refractivity contribution in [3.05, 3.63) is 71.4 Å². The highest BCUT2D eigenvalue weighted by molar-refractivity contribution is 5.95. The largest absolute Gasteiger partial charge is 0.489 e. The fourth-order valence-electron chi connectivity index (χ4n) is 5.07. The zero-order chi connectivity index (χ0) is 24.5. The van der Waals surface area contributed by atoms with Gasteiger partial charge in [0.2, 0.25) is 5.91 Å². The summed E-state index contributed by atoms with van der Waals surface area (Å²) < 4.78 is 6.01. The molecule has 35 heavy (non-hydrogen) atoms. The lowest BCUT2D eigenvalue weighted by molar-refractivity contribution is -0.131. The summed E-state index contributed by atoms with van der Waals surface area (Å²) in [6, 6.07) is 17.0. The molecule has 1 saturated heterocycles. The van der Waals surface area contributed by atoms with Crippen molar-refractivity contribution in [2.45, 2.75) is 56.7 Å². The number of nitrogens with zero attached hydrogens (tertiary/aromatic N) is 1. The lowest BCUT2D eigenvalue weighted by atomic mass is 9.74. The fraction of sp³-hybridized carbons (Fsp3) is 0.370. The SMILES string of the molecule is Cc1cc(COc2ccc(C(=O)N[C@]3(CC(=O)NO)CC[C@]4(CC3)CN4)cc2)c2ccccc2n1. The molecule has 0 unspecified atom stereocenters. The number of benzene rings is 2. The first kappa shape index (κ1) is 23.3. The van der Waals surface area contributed by atoms with Crippen molar-refractivity contribution < 1.29 is 19.5 Å². The molecule has 0 bridgehead atoms. The molecule has 0 atom stereocenters. The van der Waals surface area contributed by atoms with Crippen LogP contribution in [0.25, 0.3) is 10.9 Å². The summed E-state index contributed by atoms with van der Waals surface area (Å²) in [5, 5.41) is 16.6. The molecular formula is C27H30N4O4. The second-order valence-electron chi connectivity index (χ2n) is 9.83. The van der Waals surface area contributed by atoms with Gasteiger partial charge in [0.15, 0.2) is 0 Å². The van der Waals surface area contributed by atoms with Gasteiger partial charge in [-0.3, -0.25) is 19.8 Å². The molecule has 2 amide bonds. The Bertz CT molecular complexity index is 1240. The molecule has 4 N–H and O–H groups in total. The number of nitrogens with one attached hydrogen (secondary N) is 3. The maximum Gasteiger partial charge on any atom is 0.251 e. The van der Waals surface area contributed by atoms with E-state index in [4.69, 9.17) is 9.94 Å². The Balaban J connectivity index is 1.25. The lowest BCUT2D eigenvalue weighted by Gasteiger charge is -2.40. The molecule has 182 valence electrons. The molecule has 3 aromatic rings. The van der Waals surface area contributed by atoms with Crippen LogP contribution < -0.4 is 20.9 Å². The van der Waals surface area contributed by atoms with Gasteiger partial charge in [0.05, 0.1) is 11.9 Å². The molecule has 8 heteroatoms. The lowest BCUT2D eigenvalue weighted by Crippen LogP contribution is -2.54. The number of amides is 2. The number of carbonyl (C=O) groups excluding carboxylic acids is 2. The van der Waals surface area contributed by atoms with Gasteiger partial charge in [-0.1, -0.05) is 18.2 Å². The zero-order valence-electron chi connectivity index (χ0n) is 19.8. The molecular weight excluding hydrogens is 444 g/mol. The Hall–Kier alpha value is -3.49. The van der Waals surface area contributed by atoms with Crippen LogP contribution in [-0.2, 0) is 11.4 Å². The summed E-state index contributed by atoms with van der Waals surface area (Å²) in [7, 11) is 0. The van der Waals surface area contributed by atoms with Crippen molar-refractivity contribution in [3.8, 4) is 5.75 Å². The van der Waals surface area contributed by atoms with Crippen molar-refractivity contribution in [3.63, 3.8) is 0 Å². The molecule has 1 spiro atoms. The highest BCUT2D eigenvalue weighted by Crippen LogP contribution is 2.41. The van der Waals surface area contributed by atoms with E-state index >= 15 is 0 Å². The molecule has 1 aliphatic heterocycles. The number of ether oxygens (including phenoxy) is 1. The van der Waals surface area contributed by atoms with Crippen molar-refractivity contribution in [1.29, 1.82) is 0 Å². The molecule has 8 nitrogen and oxygen atoms in total. The molecule has 1 saturated carbocycles. The first-order valence-corrected chi connectivity index (χ1v) is 12.0. The predicted octanol–water partition coefficient (Wildman–Crippen LogP) is 3.40. The van der Waals surface area contributed by atoms with Gasteiger partial charge < -0.3 is 15.4 Å². The number of hydrogen-bond donors (Lipinski definition) is 4. The van der Waals surface area contributed by atoms with E-state index in [0.717, 1.165) is 41.5 Å². The minimum atomic E-state index is -0.672. The van der Waals surface area contributed by atoms with Crippen molar-refractivity contribution >= 4 is 22.7 Å². The third kappa shape index (κ3) is 5.13. The van der Waals surface area contributed by atoms with Crippen LogP contribution in [0.5, 0.6) is 5.75 Å². The van der Waals surface area contributed by atoms with Crippen molar-refractivity contribution in [2.24, 2.45) is 0 Å². The molecule has 5 rings (SSSR count). The predicted molar refractivity (Wildman–Crippen MR) is 131 cm³/mol. The average Bonchev–Trinajstić information content (AvgIpc) is 3.64. The molecule has 1 aliphatic carbocycles. The second kappa shape index (κ2) is 9.28. The standard InChI is InChI=1S/C27H30N4O4/c1-18-14-20(22-4-2-3-5-23(22)29-18)16-35-21-8-6-19(7-9-21)25(33)30-26(15-24(32)31-34)10-12-27(13-11-26)17-28-27/h2-9,14,28,34H,10-13,15-17H2,1H3,(H,30,33)(H,31,32)/t26-,27+. The molecule has 2 aromatic carbocycles. The first-order valence-electron chi connectivity index (χ1n) is 12.0. The quantitative estimate of drug-likeness (QED) is 0.237. The molecule has 0 radical (unpaired) electrons. The number of hydrogen-bond acceptors (Lipinski definition) is 6. The number of carbonyl (C=O) groups is 2. The second-order valence-corrected chi connectivity index (χ2v) is 9.83. The maximum atomic E-state index is 13.1. The molecule has 1 aromatic heterocycles. The summed E-state index contributed by atoms with van der Waals surface area (Å²) in [6.07, 6.45) is 3.19. The number of aromatic nitrogens is 1. The van der Waals surface area contributed by atoms with Crippen molar-refractivity contribution in [2.75, 3.05) is 6.54 Å². The molecule has 2 aliphatic rings. The summed E-state index contributed by atoms with van der Waals surface area (Å²) in [6.45, 7) is 3.34. The number of para-hydroxylation sites is 1. The average molecular weight is 475 g/mol. The van der Waals surface area contributed by atoms with E-state index in [2.05, 4.69) is 15.6 Å². The van der Waals surface area contributed by atoms with E-state index in [1.54, 1.807) is 29.7 Å². The Labute approximate surface area is 204 Å². The Morgan fingerprint density at radius 3 is 2.49 bits per heavy atom. The van der Waals surface area contributed by atoms with Crippen LogP contribution in [0.3, 0.4) is 0 Å². The topological polar surface area (TPSA) is 122 Å². The maximum absolute atomic E-state index is 13.1. The van der Waals surface area contributed by atoms with E-state index in [1.165, 1.54) is 0 Å². The van der Waals surface area contributed by atoms with Crippen LogP contribution >= 0.6 is 0 Å². The number of hydroxylamine groups is 1. The van der Waals surface area contributed by atoms with E-state index in [0.29, 0.717) is 30.8 Å². The normalized spacial score (nSPS) is 23.1. The van der Waals surface area contributed by atoms with Crippen molar-refractivity contribution in [1.82, 2.24) is 21.1 Å². The van der Waals surface area contributed by atoms with Crippen LogP contribution in [0.15, 0.2) is 54.6 Å². The number of fused-ring (bicyclic) bond motifs is 1. The Kier molecular flexibility index (Phi) is 6.17. The number of aryl methyl sites for hydroxylation is 1. The minimum Gasteiger partial charge on any atom is -0.489 e. The van der Waals surface area contributed by atoms with E-state index < -0.39 is 11.4 Å². The summed E-state index contributed by atoms with van der Waals surface area (Å²) in [5.74, 6) is -0.0701. The van der Waals surface area contributed by atoms with Gasteiger partial charge in [0, 0.05) is 39.8 Å². The Morgan fingerprint density at radius 1 is 1.09 bits per heavy atom. The number of rotatable bonds is 7. The van der Waals surface area contributed by atoms with Crippen LogP contribution in [0.1, 0.15) is 53.7 Å². The van der Waals surface area contributed by atoms with Gasteiger partial charge in [0.25, 0.3) is 5.91 Å². The molecule has 2 heterocycles. The summed E-state index contributed by atoms with van der Waals surface area (Å²) in [4.78, 5) is 29.6. The van der Waals surface area contributed by atoms with Crippen LogP contribution in [-0.4, -0.2) is 39.6 Å². The van der Waals surface area contributed by atoms with E-state index in [9.17, 15) is 9.59 Å². The van der Waals surface area contributed by atoms with Gasteiger partial charge in [-0.05, 0) is 69.0 Å². The fourth-order valence-corrected chi connectivity index (χ4v) is 5.07. The monoisotopic (exact) mass is 474 g/mol. The third-order valence-electron chi connectivity index (χ3n) is 7.28. The van der Waals surface area contributed by atoms with Gasteiger partial charge in [-0.25, -0.2) is 5.48 Å². The minimum absolute atomic E-state index is 0.0474. The van der Waals surface area contributed by atoms with E-state index in [-0.39, 0.29) is 17.9 Å². The van der Waals surface area contributed by atoms with Gasteiger partial charge >= 0.3 is 0 Å². The van der Waals surface area contributed by atoms with Crippen LogP contribution in [0.4, 0.5) is 0 Å². The van der Waals surface area contributed by atoms with Gasteiger partial charge in [0.1, 0.15) is 12.4 Å². The highest BCUT2D eigenvalue weighted by atomic mass is 16.5. The summed E-state index contributed by atoms with van der Waals surface area (Å²) in [5.41, 5.74) is 4.63. The number of pyridine rings is 1. The van der Waals surface area contributed by atoms with E-state index in [1.807, 2.05) is 37.3 Å². The van der Waals surface area contributed by atoms with Crippen LogP contribution in [0, 0.1) is 6.92 Å². The van der Waals surface area contributed by atoms with Crippen LogP contribution in [0.2, 0.25) is 0 Å².